The van der Waals surface area contributed by atoms with E-state index in [2.05, 4.69) is 11.2 Å². The molecule has 0 aromatic carbocycles. The Morgan fingerprint density at radius 2 is 2.40 bits per heavy atom. The van der Waals surface area contributed by atoms with Crippen LogP contribution in [-0.2, 0) is 17.7 Å². The van der Waals surface area contributed by atoms with Gasteiger partial charge in [0, 0.05) is 18.4 Å². The van der Waals surface area contributed by atoms with Gasteiger partial charge >= 0.3 is 0 Å². The van der Waals surface area contributed by atoms with Gasteiger partial charge < -0.3 is 4.74 Å². The lowest BCUT2D eigenvalue weighted by molar-refractivity contribution is 0.0966. The van der Waals surface area contributed by atoms with Crippen LogP contribution in [0.15, 0.2) is 23.7 Å². The van der Waals surface area contributed by atoms with Crippen molar-refractivity contribution in [3.63, 3.8) is 0 Å². The van der Waals surface area contributed by atoms with Crippen LogP contribution >= 0.6 is 22.9 Å². The van der Waals surface area contributed by atoms with E-state index in [1.807, 2.05) is 11.4 Å². The second kappa shape index (κ2) is 7.57. The Hall–Kier alpha value is -1.17. The molecule has 0 radical (unpaired) electrons. The first-order valence-corrected chi connectivity index (χ1v) is 7.74. The summed E-state index contributed by atoms with van der Waals surface area (Å²) in [7, 11) is 1.62. The summed E-state index contributed by atoms with van der Waals surface area (Å²) in [5, 5.41) is 6.59. The summed E-state index contributed by atoms with van der Waals surface area (Å²) in [5.41, 5.74) is 0.495. The van der Waals surface area contributed by atoms with Crippen LogP contribution in [0.1, 0.15) is 28.2 Å². The minimum atomic E-state index is 0.0418. The number of carbonyl (C=O) groups excluding carboxylic acids is 1. The first-order chi connectivity index (χ1) is 9.72. The molecule has 0 bridgehead atoms. The van der Waals surface area contributed by atoms with Crippen LogP contribution in [0.3, 0.4) is 0 Å². The molecule has 0 saturated heterocycles. The average Bonchev–Trinajstić information content (AvgIpc) is 3.06. The van der Waals surface area contributed by atoms with Crippen LogP contribution in [0.25, 0.3) is 0 Å². The maximum absolute atomic E-state index is 12.3. The first kappa shape index (κ1) is 15.2. The van der Waals surface area contributed by atoms with Gasteiger partial charge in [-0.2, -0.15) is 5.10 Å². The number of carbonyl (C=O) groups is 1. The van der Waals surface area contributed by atoms with Gasteiger partial charge in [-0.1, -0.05) is 17.7 Å². The Bertz CT molecular complexity index is 552. The zero-order valence-electron chi connectivity index (χ0n) is 11.3. The molecule has 6 heteroatoms. The average molecular weight is 313 g/mol. The fourth-order valence-electron chi connectivity index (χ4n) is 1.98. The highest BCUT2D eigenvalue weighted by molar-refractivity contribution is 7.09. The van der Waals surface area contributed by atoms with E-state index in [1.165, 1.54) is 11.1 Å². The molecule has 0 unspecified atom stereocenters. The van der Waals surface area contributed by atoms with E-state index in [0.29, 0.717) is 30.3 Å². The third-order valence-electron chi connectivity index (χ3n) is 2.97. The number of ketones is 1. The minimum Gasteiger partial charge on any atom is -0.383 e. The van der Waals surface area contributed by atoms with Crippen molar-refractivity contribution in [3.8, 4) is 0 Å². The molecule has 0 aliphatic rings. The molecule has 0 N–H and O–H groups in total. The quantitative estimate of drug-likeness (QED) is 0.701. The van der Waals surface area contributed by atoms with Crippen molar-refractivity contribution in [3.05, 3.63) is 39.3 Å². The fourth-order valence-corrected chi connectivity index (χ4v) is 2.98. The zero-order valence-corrected chi connectivity index (χ0v) is 12.9. The molecule has 2 rings (SSSR count). The molecular formula is C14H17ClN2O2S. The molecule has 20 heavy (non-hydrogen) atoms. The predicted molar refractivity (Wildman–Crippen MR) is 80.7 cm³/mol. The topological polar surface area (TPSA) is 44.1 Å². The Balaban J connectivity index is 1.92. The summed E-state index contributed by atoms with van der Waals surface area (Å²) in [6, 6.07) is 4.11. The van der Waals surface area contributed by atoms with E-state index < -0.39 is 0 Å². The highest BCUT2D eigenvalue weighted by atomic mass is 35.5. The van der Waals surface area contributed by atoms with Gasteiger partial charge in [0.15, 0.2) is 5.78 Å². The monoisotopic (exact) mass is 312 g/mol. The molecule has 0 saturated carbocycles. The van der Waals surface area contributed by atoms with E-state index >= 15 is 0 Å². The molecule has 2 heterocycles. The lowest BCUT2D eigenvalue weighted by atomic mass is 10.1. The van der Waals surface area contributed by atoms with Crippen LogP contribution in [0.2, 0.25) is 5.02 Å². The normalized spacial score (nSPS) is 10.9. The second-order valence-corrected chi connectivity index (χ2v) is 5.85. The van der Waals surface area contributed by atoms with Gasteiger partial charge in [-0.15, -0.1) is 11.3 Å². The smallest absolute Gasteiger partial charge is 0.182 e. The number of ether oxygens (including phenoxy) is 1. The van der Waals surface area contributed by atoms with Gasteiger partial charge in [0.1, 0.15) is 5.69 Å². The number of hydrogen-bond donors (Lipinski definition) is 0. The first-order valence-electron chi connectivity index (χ1n) is 6.48. The zero-order chi connectivity index (χ0) is 14.4. The van der Waals surface area contributed by atoms with Crippen molar-refractivity contribution in [1.29, 1.82) is 0 Å². The second-order valence-electron chi connectivity index (χ2n) is 4.41. The van der Waals surface area contributed by atoms with Crippen LogP contribution in [0, 0.1) is 0 Å². The Morgan fingerprint density at radius 3 is 3.10 bits per heavy atom. The molecule has 0 spiro atoms. The van der Waals surface area contributed by atoms with Crippen molar-refractivity contribution in [2.24, 2.45) is 0 Å². The van der Waals surface area contributed by atoms with Gasteiger partial charge in [0.25, 0.3) is 0 Å². The predicted octanol–water partition coefficient (Wildman–Crippen LogP) is 3.45. The van der Waals surface area contributed by atoms with Crippen molar-refractivity contribution < 1.29 is 9.53 Å². The van der Waals surface area contributed by atoms with Crippen molar-refractivity contribution >= 4 is 28.7 Å². The van der Waals surface area contributed by atoms with Crippen LogP contribution in [0.4, 0.5) is 0 Å². The third kappa shape index (κ3) is 3.91. The van der Waals surface area contributed by atoms with Crippen LogP contribution in [0.5, 0.6) is 0 Å². The highest BCUT2D eigenvalue weighted by Crippen LogP contribution is 2.19. The number of methoxy groups -OCH3 is 1. The van der Waals surface area contributed by atoms with E-state index in [1.54, 1.807) is 23.1 Å². The summed E-state index contributed by atoms with van der Waals surface area (Å²) < 4.78 is 6.63. The summed E-state index contributed by atoms with van der Waals surface area (Å²) in [6.07, 6.45) is 3.75. The van der Waals surface area contributed by atoms with Crippen molar-refractivity contribution in [1.82, 2.24) is 9.78 Å². The molecule has 108 valence electrons. The van der Waals surface area contributed by atoms with Crippen LogP contribution in [-0.4, -0.2) is 29.3 Å². The number of nitrogens with zero attached hydrogens (tertiary/aromatic N) is 2. The van der Waals surface area contributed by atoms with Gasteiger partial charge in [-0.05, 0) is 24.3 Å². The van der Waals surface area contributed by atoms with Crippen molar-refractivity contribution in [2.75, 3.05) is 13.7 Å². The molecule has 2 aromatic heterocycles. The molecule has 0 aliphatic heterocycles. The van der Waals surface area contributed by atoms with E-state index in [-0.39, 0.29) is 5.78 Å². The maximum Gasteiger partial charge on any atom is 0.182 e. The molecule has 0 atom stereocenters. The lowest BCUT2D eigenvalue weighted by Crippen LogP contribution is -2.14. The molecular weight excluding hydrogens is 296 g/mol. The fraction of sp³-hybridized carbons (Fsp3) is 0.429. The van der Waals surface area contributed by atoms with Gasteiger partial charge in [-0.25, -0.2) is 0 Å². The van der Waals surface area contributed by atoms with Gasteiger partial charge in [0.05, 0.1) is 24.4 Å². The molecule has 0 fully saturated rings. The Morgan fingerprint density at radius 1 is 1.55 bits per heavy atom. The number of Topliss-reactive ketones (excluding diaryl/α,β-unsaturated/α-hetero) is 1. The van der Waals surface area contributed by atoms with E-state index in [0.717, 1.165) is 12.8 Å². The molecule has 2 aromatic rings. The summed E-state index contributed by atoms with van der Waals surface area (Å²) in [6.45, 7) is 1.04. The lowest BCUT2D eigenvalue weighted by Gasteiger charge is -2.06. The number of hydrogen-bond acceptors (Lipinski definition) is 4. The number of thiophene rings is 1. The van der Waals surface area contributed by atoms with E-state index in [9.17, 15) is 4.79 Å². The maximum atomic E-state index is 12.3. The highest BCUT2D eigenvalue weighted by Gasteiger charge is 2.17. The summed E-state index contributed by atoms with van der Waals surface area (Å²) >= 11 is 7.77. The molecule has 0 amide bonds. The minimum absolute atomic E-state index is 0.0418. The van der Waals surface area contributed by atoms with Gasteiger partial charge in [0.2, 0.25) is 0 Å². The Labute approximate surface area is 127 Å². The number of rotatable bonds is 8. The van der Waals surface area contributed by atoms with Gasteiger partial charge in [-0.3, -0.25) is 9.48 Å². The summed E-state index contributed by atoms with van der Waals surface area (Å²) in [5.74, 6) is 0.0418. The number of aryl methyl sites for hydroxylation is 1. The Kier molecular flexibility index (Phi) is 5.76. The third-order valence-corrected chi connectivity index (χ3v) is 4.19. The molecule has 0 aliphatic carbocycles. The summed E-state index contributed by atoms with van der Waals surface area (Å²) in [4.78, 5) is 13.6. The van der Waals surface area contributed by atoms with Crippen LogP contribution < -0.4 is 0 Å². The molecule has 4 nitrogen and oxygen atoms in total. The SMILES string of the molecule is COCCn1ncc(Cl)c1C(=O)CCCc1cccs1. The number of halogens is 1. The largest absolute Gasteiger partial charge is 0.383 e. The van der Waals surface area contributed by atoms with Crippen molar-refractivity contribution in [2.45, 2.75) is 25.8 Å². The number of aromatic nitrogens is 2. The standard InChI is InChI=1S/C14H17ClN2O2S/c1-19-8-7-17-14(12(15)10-16-17)13(18)6-2-4-11-5-3-9-20-11/h3,5,9-10H,2,4,6-8H2,1H3. The van der Waals surface area contributed by atoms with E-state index in [4.69, 9.17) is 16.3 Å².